The average Bonchev–Trinajstić information content (AvgIpc) is 2.44. The lowest BCUT2D eigenvalue weighted by atomic mass is 10.1. The Morgan fingerprint density at radius 1 is 1.11 bits per heavy atom. The molecule has 2 aromatic carbocycles. The van der Waals surface area contributed by atoms with Crippen LogP contribution in [0.5, 0.6) is 5.75 Å². The molecule has 0 aliphatic carbocycles. The smallest absolute Gasteiger partial charge is 0.172 e. The Kier molecular flexibility index (Phi) is 2.80. The van der Waals surface area contributed by atoms with Crippen molar-refractivity contribution in [2.24, 2.45) is 0 Å². The van der Waals surface area contributed by atoms with Crippen LogP contribution in [0.25, 0.3) is 10.8 Å². The highest BCUT2D eigenvalue weighted by Crippen LogP contribution is 2.28. The number of phenolic OH excluding ortho intramolecular Hbond substituents is 1. The van der Waals surface area contributed by atoms with Gasteiger partial charge in [0, 0.05) is 24.2 Å². The van der Waals surface area contributed by atoms with Crippen molar-refractivity contribution in [2.75, 3.05) is 31.2 Å². The summed E-state index contributed by atoms with van der Waals surface area (Å²) in [6, 6.07) is 8.67. The van der Waals surface area contributed by atoms with Gasteiger partial charge in [-0.25, -0.2) is 4.39 Å². The third-order valence-corrected chi connectivity index (χ3v) is 3.29. The number of benzene rings is 2. The van der Waals surface area contributed by atoms with E-state index in [4.69, 9.17) is 4.74 Å². The third-order valence-electron chi connectivity index (χ3n) is 3.29. The Morgan fingerprint density at radius 3 is 2.67 bits per heavy atom. The topological polar surface area (TPSA) is 32.7 Å². The summed E-state index contributed by atoms with van der Waals surface area (Å²) < 4.78 is 19.0. The number of morpholine rings is 1. The highest BCUT2D eigenvalue weighted by Gasteiger charge is 2.13. The number of anilines is 1. The van der Waals surface area contributed by atoms with Gasteiger partial charge in [0.25, 0.3) is 0 Å². The zero-order chi connectivity index (χ0) is 12.5. The molecule has 3 rings (SSSR count). The Bertz CT molecular complexity index is 579. The van der Waals surface area contributed by atoms with Crippen LogP contribution in [-0.2, 0) is 4.74 Å². The first kappa shape index (κ1) is 11.3. The van der Waals surface area contributed by atoms with Crippen LogP contribution in [0.4, 0.5) is 10.1 Å². The summed E-state index contributed by atoms with van der Waals surface area (Å²) in [7, 11) is 0. The first-order valence-electron chi connectivity index (χ1n) is 5.99. The normalized spacial score (nSPS) is 16.2. The molecular formula is C14H14FNO2. The van der Waals surface area contributed by atoms with Gasteiger partial charge in [0.2, 0.25) is 0 Å². The van der Waals surface area contributed by atoms with Gasteiger partial charge in [0.1, 0.15) is 0 Å². The van der Waals surface area contributed by atoms with Crippen molar-refractivity contribution in [3.05, 3.63) is 36.1 Å². The highest BCUT2D eigenvalue weighted by atomic mass is 19.1. The van der Waals surface area contributed by atoms with Crippen molar-refractivity contribution in [1.82, 2.24) is 0 Å². The molecule has 1 heterocycles. The molecule has 0 amide bonds. The summed E-state index contributed by atoms with van der Waals surface area (Å²) in [6.45, 7) is 3.15. The summed E-state index contributed by atoms with van der Waals surface area (Å²) in [5.41, 5.74) is 1.07. The van der Waals surface area contributed by atoms with Gasteiger partial charge in [-0.05, 0) is 29.7 Å². The maximum atomic E-state index is 13.7. The van der Waals surface area contributed by atoms with E-state index >= 15 is 0 Å². The predicted octanol–water partition coefficient (Wildman–Crippen LogP) is 2.52. The van der Waals surface area contributed by atoms with E-state index in [2.05, 4.69) is 4.90 Å². The highest BCUT2D eigenvalue weighted by molar-refractivity contribution is 5.87. The summed E-state index contributed by atoms with van der Waals surface area (Å²) in [5.74, 6) is -0.859. The minimum Gasteiger partial charge on any atom is -0.505 e. The molecule has 0 saturated carbocycles. The summed E-state index contributed by atoms with van der Waals surface area (Å²) >= 11 is 0. The van der Waals surface area contributed by atoms with Gasteiger partial charge in [-0.3, -0.25) is 0 Å². The second-order valence-corrected chi connectivity index (χ2v) is 4.40. The van der Waals surface area contributed by atoms with E-state index in [1.807, 2.05) is 12.1 Å². The van der Waals surface area contributed by atoms with E-state index in [1.54, 1.807) is 12.1 Å². The fraction of sp³-hybridized carbons (Fsp3) is 0.286. The molecule has 3 nitrogen and oxygen atoms in total. The van der Waals surface area contributed by atoms with Crippen molar-refractivity contribution < 1.29 is 14.2 Å². The standard InChI is InChI=1S/C14H14FNO2/c15-14-12-3-2-11(16-5-7-18-8-6-16)9-10(12)1-4-13(14)17/h1-4,9,17H,5-8H2. The maximum Gasteiger partial charge on any atom is 0.172 e. The second-order valence-electron chi connectivity index (χ2n) is 4.40. The van der Waals surface area contributed by atoms with Crippen LogP contribution < -0.4 is 4.90 Å². The summed E-state index contributed by atoms with van der Waals surface area (Å²) in [5, 5.41) is 10.6. The van der Waals surface area contributed by atoms with E-state index in [0.29, 0.717) is 5.39 Å². The van der Waals surface area contributed by atoms with Gasteiger partial charge in [-0.15, -0.1) is 0 Å². The van der Waals surface area contributed by atoms with E-state index in [-0.39, 0.29) is 5.75 Å². The van der Waals surface area contributed by atoms with Gasteiger partial charge >= 0.3 is 0 Å². The van der Waals surface area contributed by atoms with Gasteiger partial charge in [-0.2, -0.15) is 0 Å². The molecule has 4 heteroatoms. The van der Waals surface area contributed by atoms with Crippen molar-refractivity contribution in [3.63, 3.8) is 0 Å². The van der Waals surface area contributed by atoms with Crippen LogP contribution in [0.3, 0.4) is 0 Å². The fourth-order valence-corrected chi connectivity index (χ4v) is 2.29. The van der Waals surface area contributed by atoms with E-state index in [9.17, 15) is 9.50 Å². The summed E-state index contributed by atoms with van der Waals surface area (Å²) in [6.07, 6.45) is 0. The van der Waals surface area contributed by atoms with Crippen LogP contribution >= 0.6 is 0 Å². The minimum absolute atomic E-state index is 0.304. The quantitative estimate of drug-likeness (QED) is 0.840. The van der Waals surface area contributed by atoms with Crippen LogP contribution in [0.1, 0.15) is 0 Å². The number of nitrogens with zero attached hydrogens (tertiary/aromatic N) is 1. The Hall–Kier alpha value is -1.81. The van der Waals surface area contributed by atoms with Gasteiger partial charge < -0.3 is 14.7 Å². The van der Waals surface area contributed by atoms with E-state index in [0.717, 1.165) is 37.4 Å². The minimum atomic E-state index is -0.555. The second kappa shape index (κ2) is 4.46. The number of hydrogen-bond donors (Lipinski definition) is 1. The Balaban J connectivity index is 2.03. The predicted molar refractivity (Wildman–Crippen MR) is 68.6 cm³/mol. The van der Waals surface area contributed by atoms with Crippen LogP contribution in [-0.4, -0.2) is 31.4 Å². The lowest BCUT2D eigenvalue weighted by Crippen LogP contribution is -2.36. The molecular weight excluding hydrogens is 233 g/mol. The molecule has 2 aromatic rings. The van der Waals surface area contributed by atoms with Crippen LogP contribution in [0, 0.1) is 5.82 Å². The number of hydrogen-bond acceptors (Lipinski definition) is 3. The number of fused-ring (bicyclic) bond motifs is 1. The molecule has 1 fully saturated rings. The number of phenols is 1. The molecule has 18 heavy (non-hydrogen) atoms. The lowest BCUT2D eigenvalue weighted by molar-refractivity contribution is 0.122. The zero-order valence-corrected chi connectivity index (χ0v) is 9.90. The molecule has 0 unspecified atom stereocenters. The number of aromatic hydroxyl groups is 1. The molecule has 1 saturated heterocycles. The van der Waals surface area contributed by atoms with Crippen molar-refractivity contribution >= 4 is 16.5 Å². The number of halogens is 1. The summed E-state index contributed by atoms with van der Waals surface area (Å²) in [4.78, 5) is 2.22. The molecule has 0 aromatic heterocycles. The van der Waals surface area contributed by atoms with Gasteiger partial charge in [-0.1, -0.05) is 6.07 Å². The monoisotopic (exact) mass is 247 g/mol. The van der Waals surface area contributed by atoms with Crippen LogP contribution in [0.2, 0.25) is 0 Å². The van der Waals surface area contributed by atoms with Crippen molar-refractivity contribution in [3.8, 4) is 5.75 Å². The number of ether oxygens (including phenoxy) is 1. The van der Waals surface area contributed by atoms with Gasteiger partial charge in [0.05, 0.1) is 13.2 Å². The van der Waals surface area contributed by atoms with Crippen LogP contribution in [0.15, 0.2) is 30.3 Å². The molecule has 0 radical (unpaired) electrons. The third kappa shape index (κ3) is 1.88. The first-order valence-corrected chi connectivity index (χ1v) is 5.99. The van der Waals surface area contributed by atoms with Crippen molar-refractivity contribution in [2.45, 2.75) is 0 Å². The largest absolute Gasteiger partial charge is 0.505 e. The van der Waals surface area contributed by atoms with Gasteiger partial charge in [0.15, 0.2) is 11.6 Å². The molecule has 0 atom stereocenters. The fourth-order valence-electron chi connectivity index (χ4n) is 2.29. The molecule has 1 aliphatic heterocycles. The maximum absolute atomic E-state index is 13.7. The molecule has 1 aliphatic rings. The average molecular weight is 247 g/mol. The molecule has 0 spiro atoms. The van der Waals surface area contributed by atoms with E-state index < -0.39 is 5.82 Å². The van der Waals surface area contributed by atoms with Crippen molar-refractivity contribution in [1.29, 1.82) is 0 Å². The first-order chi connectivity index (χ1) is 8.75. The Morgan fingerprint density at radius 2 is 1.89 bits per heavy atom. The number of rotatable bonds is 1. The Labute approximate surface area is 104 Å². The van der Waals surface area contributed by atoms with E-state index in [1.165, 1.54) is 6.07 Å². The molecule has 94 valence electrons. The lowest BCUT2D eigenvalue weighted by Gasteiger charge is -2.29. The zero-order valence-electron chi connectivity index (χ0n) is 9.90. The molecule has 0 bridgehead atoms. The SMILES string of the molecule is Oc1ccc2cc(N3CCOCC3)ccc2c1F. The molecule has 1 N–H and O–H groups in total.